The van der Waals surface area contributed by atoms with E-state index in [0.717, 1.165) is 12.2 Å². The van der Waals surface area contributed by atoms with Gasteiger partial charge in [0.15, 0.2) is 0 Å². The molecule has 2 N–H and O–H groups in total. The van der Waals surface area contributed by atoms with Gasteiger partial charge in [-0.15, -0.1) is 0 Å². The highest BCUT2D eigenvalue weighted by atomic mass is 16.6. The number of amides is 2. The Labute approximate surface area is 242 Å². The van der Waals surface area contributed by atoms with E-state index in [1.165, 1.54) is 0 Å². The quantitative estimate of drug-likeness (QED) is 0.111. The molecule has 0 unspecified atom stereocenters. The zero-order chi connectivity index (χ0) is 30.2. The Bertz CT molecular complexity index is 1260. The van der Waals surface area contributed by atoms with Crippen molar-refractivity contribution < 1.29 is 47.6 Å². The summed E-state index contributed by atoms with van der Waals surface area (Å²) in [5.74, 6) is -0.476. The van der Waals surface area contributed by atoms with Crippen molar-refractivity contribution >= 4 is 45.7 Å². The third-order valence-electron chi connectivity index (χ3n) is 5.53. The first-order valence-corrected chi connectivity index (χ1v) is 13.0. The van der Waals surface area contributed by atoms with Crippen molar-refractivity contribution in [2.24, 2.45) is 0 Å². The molecule has 0 aromatic heterocycles. The Hall–Kier alpha value is -4.94. The second kappa shape index (κ2) is 17.0. The highest BCUT2D eigenvalue weighted by Gasteiger charge is 2.19. The summed E-state index contributed by atoms with van der Waals surface area (Å²) in [6, 6.07) is 14.2. The van der Waals surface area contributed by atoms with Crippen molar-refractivity contribution in [1.82, 2.24) is 10.6 Å². The van der Waals surface area contributed by atoms with Crippen molar-refractivity contribution in [3.05, 3.63) is 73.8 Å². The molecule has 12 nitrogen and oxygen atoms in total. The van der Waals surface area contributed by atoms with Gasteiger partial charge in [0.2, 0.25) is 0 Å². The Kier molecular flexibility index (Phi) is 12.8. The van der Waals surface area contributed by atoms with E-state index in [9.17, 15) is 19.2 Å². The summed E-state index contributed by atoms with van der Waals surface area (Å²) in [4.78, 5) is 47.3. The number of benzene rings is 3. The lowest BCUT2D eigenvalue weighted by Crippen LogP contribution is -2.31. The number of hydrogen-bond donors (Lipinski definition) is 2. The number of rotatable bonds is 16. The molecule has 0 aliphatic carbocycles. The number of ether oxygens (including phenoxy) is 6. The number of nitrogens with one attached hydrogen (secondary N) is 2. The van der Waals surface area contributed by atoms with E-state index in [1.54, 1.807) is 48.5 Å². The van der Waals surface area contributed by atoms with E-state index >= 15 is 0 Å². The fraction of sp³-hybridized carbons (Fsp3) is 0.267. The van der Waals surface area contributed by atoms with Gasteiger partial charge in [-0.3, -0.25) is 0 Å². The van der Waals surface area contributed by atoms with Crippen LogP contribution in [0.1, 0.15) is 0 Å². The van der Waals surface area contributed by atoms with Crippen LogP contribution in [-0.2, 0) is 28.5 Å². The van der Waals surface area contributed by atoms with Gasteiger partial charge in [0.1, 0.15) is 24.7 Å². The summed E-state index contributed by atoms with van der Waals surface area (Å²) in [5, 5.41) is 7.49. The van der Waals surface area contributed by atoms with Crippen molar-refractivity contribution in [3.63, 3.8) is 0 Å². The standard InChI is InChI=1S/C30H32N2O10/c1-3-25(33)39-19-17-37-15-13-31-29(35)41-27-21-9-5-7-11-23(21)28(24-12-8-6-10-22(24)27)42-30(36)32-14-16-38-18-20-40-26(34)4-2/h3-12H,1-2,13-20H2,(H,31,35)(H,32,36). The molecule has 0 saturated carbocycles. The smallest absolute Gasteiger partial charge is 0.412 e. The zero-order valence-corrected chi connectivity index (χ0v) is 22.9. The minimum Gasteiger partial charge on any atom is -0.460 e. The molecular weight excluding hydrogens is 548 g/mol. The normalized spacial score (nSPS) is 10.5. The van der Waals surface area contributed by atoms with Crippen molar-refractivity contribution in [1.29, 1.82) is 0 Å². The van der Waals surface area contributed by atoms with E-state index in [4.69, 9.17) is 28.4 Å². The Morgan fingerprint density at radius 1 is 0.571 bits per heavy atom. The highest BCUT2D eigenvalue weighted by Crippen LogP contribution is 2.42. The van der Waals surface area contributed by atoms with Gasteiger partial charge in [0.25, 0.3) is 0 Å². The third kappa shape index (κ3) is 9.61. The molecular formula is C30H32N2O10. The second-order valence-electron chi connectivity index (χ2n) is 8.35. The molecule has 12 heteroatoms. The molecule has 0 radical (unpaired) electrons. The molecule has 3 rings (SSSR count). The second-order valence-corrected chi connectivity index (χ2v) is 8.35. The molecule has 222 valence electrons. The van der Waals surface area contributed by atoms with E-state index in [0.29, 0.717) is 33.0 Å². The molecule has 42 heavy (non-hydrogen) atoms. The first-order valence-electron chi connectivity index (χ1n) is 13.0. The molecule has 0 aliphatic rings. The minimum atomic E-state index is -0.697. The lowest BCUT2D eigenvalue weighted by atomic mass is 10.0. The number of carbonyl (C=O) groups excluding carboxylic acids is 4. The van der Waals surface area contributed by atoms with Crippen LogP contribution < -0.4 is 20.1 Å². The lowest BCUT2D eigenvalue weighted by Gasteiger charge is -2.17. The predicted octanol–water partition coefficient (Wildman–Crippen LogP) is 3.66. The van der Waals surface area contributed by atoms with E-state index in [1.807, 2.05) is 0 Å². The van der Waals surface area contributed by atoms with Crippen LogP contribution >= 0.6 is 0 Å². The monoisotopic (exact) mass is 580 g/mol. The molecule has 0 saturated heterocycles. The average molecular weight is 581 g/mol. The van der Waals surface area contributed by atoms with Crippen LogP contribution in [0.25, 0.3) is 21.5 Å². The average Bonchev–Trinajstić information content (AvgIpc) is 3.01. The van der Waals surface area contributed by atoms with Crippen molar-refractivity contribution in [2.45, 2.75) is 0 Å². The summed E-state index contributed by atoms with van der Waals surface area (Å²) in [6.07, 6.45) is 0.731. The maximum Gasteiger partial charge on any atom is 0.412 e. The molecule has 0 bridgehead atoms. The summed E-state index contributed by atoms with van der Waals surface area (Å²) >= 11 is 0. The summed E-state index contributed by atoms with van der Waals surface area (Å²) in [5.41, 5.74) is 0. The minimum absolute atomic E-state index is 0.0719. The molecule has 2 amide bonds. The molecule has 0 atom stereocenters. The number of esters is 2. The van der Waals surface area contributed by atoms with Crippen LogP contribution in [0.15, 0.2) is 73.8 Å². The SMILES string of the molecule is C=CC(=O)OCCOCCNC(=O)Oc1c2ccccc2c(OC(=O)NCCOCCOC(=O)C=C)c2ccccc12. The van der Waals surface area contributed by atoms with Gasteiger partial charge < -0.3 is 39.1 Å². The first-order chi connectivity index (χ1) is 20.4. The predicted molar refractivity (Wildman–Crippen MR) is 153 cm³/mol. The third-order valence-corrected chi connectivity index (χ3v) is 5.53. The van der Waals surface area contributed by atoms with Gasteiger partial charge in [0.05, 0.1) is 26.4 Å². The van der Waals surface area contributed by atoms with Gasteiger partial charge in [-0.05, 0) is 0 Å². The van der Waals surface area contributed by atoms with Crippen LogP contribution in [0.5, 0.6) is 11.5 Å². The maximum absolute atomic E-state index is 12.6. The van der Waals surface area contributed by atoms with Crippen LogP contribution in [0.2, 0.25) is 0 Å². The first kappa shape index (κ1) is 31.6. The van der Waals surface area contributed by atoms with E-state index in [2.05, 4.69) is 23.8 Å². The molecule has 0 aliphatic heterocycles. The fourth-order valence-corrected chi connectivity index (χ4v) is 3.70. The van der Waals surface area contributed by atoms with Gasteiger partial charge in [0, 0.05) is 46.8 Å². The van der Waals surface area contributed by atoms with E-state index in [-0.39, 0.29) is 52.7 Å². The molecule has 3 aromatic carbocycles. The number of fused-ring (bicyclic) bond motifs is 2. The van der Waals surface area contributed by atoms with E-state index < -0.39 is 24.1 Å². The van der Waals surface area contributed by atoms with Gasteiger partial charge in [-0.2, -0.15) is 0 Å². The summed E-state index contributed by atoms with van der Waals surface area (Å²) < 4.78 is 31.7. The number of hydrogen-bond acceptors (Lipinski definition) is 10. The summed E-state index contributed by atoms with van der Waals surface area (Å²) in [6.45, 7) is 7.77. The maximum atomic E-state index is 12.6. The molecule has 0 spiro atoms. The molecule has 0 fully saturated rings. The zero-order valence-electron chi connectivity index (χ0n) is 22.9. The highest BCUT2D eigenvalue weighted by molar-refractivity contribution is 6.12. The van der Waals surface area contributed by atoms with Crippen LogP contribution in [-0.4, -0.2) is 76.9 Å². The Morgan fingerprint density at radius 3 is 1.26 bits per heavy atom. The Balaban J connectivity index is 1.61. The Morgan fingerprint density at radius 2 is 0.929 bits per heavy atom. The number of carbonyl (C=O) groups is 4. The van der Waals surface area contributed by atoms with Crippen molar-refractivity contribution in [2.75, 3.05) is 52.7 Å². The van der Waals surface area contributed by atoms with Crippen LogP contribution in [0, 0.1) is 0 Å². The van der Waals surface area contributed by atoms with Gasteiger partial charge in [-0.1, -0.05) is 61.7 Å². The largest absolute Gasteiger partial charge is 0.460 e. The topological polar surface area (TPSA) is 148 Å². The van der Waals surface area contributed by atoms with Crippen molar-refractivity contribution in [3.8, 4) is 11.5 Å². The van der Waals surface area contributed by atoms with Crippen LogP contribution in [0.4, 0.5) is 9.59 Å². The van der Waals surface area contributed by atoms with Crippen LogP contribution in [0.3, 0.4) is 0 Å². The summed E-state index contributed by atoms with van der Waals surface area (Å²) in [7, 11) is 0. The van der Waals surface area contributed by atoms with Gasteiger partial charge >= 0.3 is 24.1 Å². The fourth-order valence-electron chi connectivity index (χ4n) is 3.70. The lowest BCUT2D eigenvalue weighted by molar-refractivity contribution is -0.140. The van der Waals surface area contributed by atoms with Gasteiger partial charge in [-0.25, -0.2) is 19.2 Å². The molecule has 3 aromatic rings. The molecule has 0 heterocycles.